The lowest BCUT2D eigenvalue weighted by Gasteiger charge is -2.30. The van der Waals surface area contributed by atoms with E-state index in [0.717, 1.165) is 0 Å². The van der Waals surface area contributed by atoms with Crippen molar-refractivity contribution in [3.8, 4) is 0 Å². The Bertz CT molecular complexity index is 278. The Labute approximate surface area is 122 Å². The number of carbonyl (C=O) groups excluding carboxylic acids is 2. The predicted molar refractivity (Wildman–Crippen MR) is 81.4 cm³/mol. The molecular weight excluding hydrogens is 264 g/mol. The molecule has 114 valence electrons. The van der Waals surface area contributed by atoms with Crippen molar-refractivity contribution in [2.45, 2.75) is 59.6 Å². The van der Waals surface area contributed by atoms with Crippen LogP contribution in [0.4, 0.5) is 4.79 Å². The van der Waals surface area contributed by atoms with Gasteiger partial charge >= 0.3 is 6.09 Å². The third-order valence-electron chi connectivity index (χ3n) is 2.03. The van der Waals surface area contributed by atoms with Crippen LogP contribution in [0.25, 0.3) is 0 Å². The molecule has 1 atom stereocenters. The maximum absolute atomic E-state index is 11.9. The number of carbonyl (C=O) groups is 2. The summed E-state index contributed by atoms with van der Waals surface area (Å²) in [7, 11) is 0. The van der Waals surface area contributed by atoms with Gasteiger partial charge < -0.3 is 10.5 Å². The fourth-order valence-corrected chi connectivity index (χ4v) is 1.61. The van der Waals surface area contributed by atoms with Gasteiger partial charge in [0.25, 0.3) is 0 Å². The van der Waals surface area contributed by atoms with Gasteiger partial charge in [-0.05, 0) is 39.9 Å². The van der Waals surface area contributed by atoms with Crippen molar-refractivity contribution in [3.05, 3.63) is 0 Å². The monoisotopic (exact) mass is 292 g/mol. The van der Waals surface area contributed by atoms with Crippen molar-refractivity contribution in [2.75, 3.05) is 12.3 Å². The zero-order valence-corrected chi connectivity index (χ0v) is 13.8. The smallest absolute Gasteiger partial charge is 0.410 e. The highest BCUT2D eigenvalue weighted by Crippen LogP contribution is 2.13. The van der Waals surface area contributed by atoms with Gasteiger partial charge in [-0.3, -0.25) is 9.69 Å². The molecule has 2 amide bonds. The SMILES string of the molecule is CC.CC(CCS)N(CC(N)=O)C(=O)OC(C)(C)C. The van der Waals surface area contributed by atoms with Crippen molar-refractivity contribution in [1.82, 2.24) is 4.90 Å². The van der Waals surface area contributed by atoms with Crippen LogP contribution in [0.2, 0.25) is 0 Å². The second-order valence-corrected chi connectivity index (χ2v) is 5.38. The summed E-state index contributed by atoms with van der Waals surface area (Å²) in [4.78, 5) is 24.2. The molecule has 0 rings (SSSR count). The average Bonchev–Trinajstić information content (AvgIpc) is 2.26. The van der Waals surface area contributed by atoms with Gasteiger partial charge in [0.1, 0.15) is 12.1 Å². The van der Waals surface area contributed by atoms with Gasteiger partial charge in [0.05, 0.1) is 0 Å². The Kier molecular flexibility index (Phi) is 10.7. The van der Waals surface area contributed by atoms with Crippen LogP contribution in [0, 0.1) is 0 Å². The van der Waals surface area contributed by atoms with Crippen LogP contribution in [0.5, 0.6) is 0 Å². The highest BCUT2D eigenvalue weighted by molar-refractivity contribution is 7.80. The average molecular weight is 292 g/mol. The van der Waals surface area contributed by atoms with E-state index in [0.29, 0.717) is 12.2 Å². The minimum atomic E-state index is -0.590. The second kappa shape index (κ2) is 9.95. The number of rotatable bonds is 5. The van der Waals surface area contributed by atoms with Crippen LogP contribution < -0.4 is 5.73 Å². The molecule has 19 heavy (non-hydrogen) atoms. The number of hydrogen-bond donors (Lipinski definition) is 2. The Hall–Kier alpha value is -0.910. The highest BCUT2D eigenvalue weighted by atomic mass is 32.1. The minimum Gasteiger partial charge on any atom is -0.444 e. The molecule has 0 aliphatic carbocycles. The molecule has 0 bridgehead atoms. The van der Waals surface area contributed by atoms with Crippen molar-refractivity contribution in [3.63, 3.8) is 0 Å². The molecule has 0 saturated carbocycles. The summed E-state index contributed by atoms with van der Waals surface area (Å²) < 4.78 is 5.22. The first-order chi connectivity index (χ1) is 8.67. The van der Waals surface area contributed by atoms with Gasteiger partial charge in [-0.1, -0.05) is 13.8 Å². The molecule has 0 spiro atoms. The van der Waals surface area contributed by atoms with Crippen molar-refractivity contribution in [1.29, 1.82) is 0 Å². The number of hydrogen-bond acceptors (Lipinski definition) is 4. The van der Waals surface area contributed by atoms with Gasteiger partial charge in [0, 0.05) is 6.04 Å². The van der Waals surface area contributed by atoms with Crippen LogP contribution >= 0.6 is 12.6 Å². The Balaban J connectivity index is 0. The molecule has 0 aromatic rings. The van der Waals surface area contributed by atoms with E-state index in [4.69, 9.17) is 10.5 Å². The Morgan fingerprint density at radius 2 is 1.79 bits per heavy atom. The van der Waals surface area contributed by atoms with Crippen molar-refractivity contribution >= 4 is 24.6 Å². The molecule has 2 N–H and O–H groups in total. The van der Waals surface area contributed by atoms with E-state index >= 15 is 0 Å². The molecule has 0 radical (unpaired) electrons. The molecule has 1 unspecified atom stereocenters. The number of nitrogens with two attached hydrogens (primary N) is 1. The predicted octanol–water partition coefficient (Wildman–Crippen LogP) is 2.44. The van der Waals surface area contributed by atoms with E-state index in [9.17, 15) is 9.59 Å². The summed E-state index contributed by atoms with van der Waals surface area (Å²) in [5.74, 6) is 0.0704. The Morgan fingerprint density at radius 3 is 2.11 bits per heavy atom. The molecule has 6 heteroatoms. The van der Waals surface area contributed by atoms with E-state index in [-0.39, 0.29) is 12.6 Å². The van der Waals surface area contributed by atoms with Gasteiger partial charge in [0.15, 0.2) is 0 Å². The molecule has 0 aliphatic heterocycles. The van der Waals surface area contributed by atoms with Crippen LogP contribution in [0.1, 0.15) is 48.0 Å². The summed E-state index contributed by atoms with van der Waals surface area (Å²) in [6, 6.07) is -0.130. The van der Waals surface area contributed by atoms with Crippen LogP contribution in [-0.2, 0) is 9.53 Å². The van der Waals surface area contributed by atoms with Crippen molar-refractivity contribution in [2.24, 2.45) is 5.73 Å². The normalized spacial score (nSPS) is 11.9. The third-order valence-corrected chi connectivity index (χ3v) is 2.29. The summed E-state index contributed by atoms with van der Waals surface area (Å²) in [5, 5.41) is 0. The van der Waals surface area contributed by atoms with E-state index in [2.05, 4.69) is 12.6 Å². The molecule has 0 aromatic carbocycles. The highest BCUT2D eigenvalue weighted by Gasteiger charge is 2.26. The summed E-state index contributed by atoms with van der Waals surface area (Å²) in [5.41, 5.74) is 4.53. The van der Waals surface area contributed by atoms with Gasteiger partial charge in [0.2, 0.25) is 5.91 Å². The van der Waals surface area contributed by atoms with Gasteiger partial charge in [-0.25, -0.2) is 4.79 Å². The molecule has 0 fully saturated rings. The largest absolute Gasteiger partial charge is 0.444 e. The van der Waals surface area contributed by atoms with Crippen LogP contribution in [-0.4, -0.2) is 40.8 Å². The van der Waals surface area contributed by atoms with Gasteiger partial charge in [-0.2, -0.15) is 12.6 Å². The first-order valence-electron chi connectivity index (χ1n) is 6.56. The standard InChI is InChI=1S/C11H22N2O3S.C2H6/c1-8(5-6-17)13(7-9(12)14)10(15)16-11(2,3)4;1-2/h8,17H,5-7H2,1-4H3,(H2,12,14);1-2H3. The third kappa shape index (κ3) is 10.7. The zero-order chi connectivity index (χ0) is 15.6. The molecule has 0 heterocycles. The molecule has 0 aromatic heterocycles. The summed E-state index contributed by atoms with van der Waals surface area (Å²) in [6.45, 7) is 11.0. The molecular formula is C13H28N2O3S. The quantitative estimate of drug-likeness (QED) is 0.764. The number of ether oxygens (including phenoxy) is 1. The lowest BCUT2D eigenvalue weighted by molar-refractivity contribution is -0.119. The molecule has 0 saturated heterocycles. The molecule has 5 nitrogen and oxygen atoms in total. The van der Waals surface area contributed by atoms with E-state index in [1.54, 1.807) is 20.8 Å². The number of amides is 2. The fraction of sp³-hybridized carbons (Fsp3) is 0.846. The van der Waals surface area contributed by atoms with E-state index in [1.807, 2.05) is 20.8 Å². The lowest BCUT2D eigenvalue weighted by Crippen LogP contribution is -2.46. The van der Waals surface area contributed by atoms with Crippen LogP contribution in [0.15, 0.2) is 0 Å². The number of thiol groups is 1. The van der Waals surface area contributed by atoms with E-state index in [1.165, 1.54) is 4.90 Å². The summed E-state index contributed by atoms with van der Waals surface area (Å²) >= 11 is 4.10. The van der Waals surface area contributed by atoms with Crippen molar-refractivity contribution < 1.29 is 14.3 Å². The van der Waals surface area contributed by atoms with E-state index < -0.39 is 17.6 Å². The van der Waals surface area contributed by atoms with Gasteiger partial charge in [-0.15, -0.1) is 0 Å². The Morgan fingerprint density at radius 1 is 1.32 bits per heavy atom. The first kappa shape index (κ1) is 20.4. The first-order valence-corrected chi connectivity index (χ1v) is 7.19. The molecule has 0 aliphatic rings. The zero-order valence-electron chi connectivity index (χ0n) is 12.9. The lowest BCUT2D eigenvalue weighted by atomic mass is 10.2. The second-order valence-electron chi connectivity index (χ2n) is 4.94. The maximum atomic E-state index is 11.9. The maximum Gasteiger partial charge on any atom is 0.410 e. The summed E-state index contributed by atoms with van der Waals surface area (Å²) in [6.07, 6.45) is 0.154. The number of nitrogens with zero attached hydrogens (tertiary/aromatic N) is 1. The minimum absolute atomic E-state index is 0.130. The fourth-order valence-electron chi connectivity index (χ4n) is 1.23. The van der Waals surface area contributed by atoms with Crippen LogP contribution in [0.3, 0.4) is 0 Å². The number of primary amides is 1. The topological polar surface area (TPSA) is 72.6 Å².